The molecule has 2 heterocycles. The van der Waals surface area contributed by atoms with Gasteiger partial charge in [0.05, 0.1) is 22.4 Å². The maximum Gasteiger partial charge on any atom is 0.319 e. The number of fused-ring (bicyclic) bond motifs is 6. The average Bonchev–Trinajstić information content (AvgIpc) is 2.98. The number of aromatic nitrogens is 2. The second-order valence-electron chi connectivity index (χ2n) is 9.68. The first kappa shape index (κ1) is 18.0. The summed E-state index contributed by atoms with van der Waals surface area (Å²) in [5.74, 6) is -0.0842. The number of benzene rings is 1. The van der Waals surface area contributed by atoms with Crippen LogP contribution in [0.1, 0.15) is 57.8 Å². The lowest BCUT2D eigenvalue weighted by atomic mass is 9.64. The highest BCUT2D eigenvalue weighted by Crippen LogP contribution is 2.70. The van der Waals surface area contributed by atoms with E-state index in [1.54, 1.807) is 0 Å². The van der Waals surface area contributed by atoms with Gasteiger partial charge in [0, 0.05) is 18.5 Å². The first-order valence-electron chi connectivity index (χ1n) is 10.5. The third-order valence-electron chi connectivity index (χ3n) is 8.23. The molecule has 2 atom stereocenters. The van der Waals surface area contributed by atoms with Gasteiger partial charge in [-0.3, -0.25) is 4.79 Å². The lowest BCUT2D eigenvalue weighted by molar-refractivity contribution is -0.162. The van der Waals surface area contributed by atoms with Crippen LogP contribution in [0.15, 0.2) is 24.3 Å². The molecule has 5 heteroatoms. The molecule has 1 aromatic carbocycles. The summed E-state index contributed by atoms with van der Waals surface area (Å²) < 4.78 is 6.16. The molecule has 3 aliphatic rings. The first-order valence-corrected chi connectivity index (χ1v) is 10.5. The summed E-state index contributed by atoms with van der Waals surface area (Å²) in [5, 5.41) is 0. The van der Waals surface area contributed by atoms with Crippen molar-refractivity contribution in [2.75, 3.05) is 20.1 Å². The van der Waals surface area contributed by atoms with Gasteiger partial charge in [-0.05, 0) is 50.3 Å². The highest BCUT2D eigenvalue weighted by molar-refractivity contribution is 5.89. The topological polar surface area (TPSA) is 55.3 Å². The fourth-order valence-corrected chi connectivity index (χ4v) is 5.85. The average molecular weight is 380 g/mol. The molecule has 0 radical (unpaired) electrons. The van der Waals surface area contributed by atoms with E-state index >= 15 is 0 Å². The number of piperidine rings is 1. The van der Waals surface area contributed by atoms with Crippen molar-refractivity contribution in [2.24, 2.45) is 5.41 Å². The Labute approximate surface area is 166 Å². The Kier molecular flexibility index (Phi) is 3.71. The Balaban J connectivity index is 1.60. The van der Waals surface area contributed by atoms with E-state index in [0.29, 0.717) is 0 Å². The molecule has 148 valence electrons. The van der Waals surface area contributed by atoms with E-state index in [4.69, 9.17) is 14.7 Å². The number of para-hydroxylation sites is 2. The zero-order chi connectivity index (χ0) is 19.7. The summed E-state index contributed by atoms with van der Waals surface area (Å²) in [6, 6.07) is 7.97. The number of rotatable bonds is 2. The fourth-order valence-electron chi connectivity index (χ4n) is 5.85. The summed E-state index contributed by atoms with van der Waals surface area (Å²) in [5.41, 5.74) is 2.50. The van der Waals surface area contributed by atoms with Crippen molar-refractivity contribution in [2.45, 2.75) is 63.4 Å². The van der Waals surface area contributed by atoms with Crippen LogP contribution in [-0.4, -0.2) is 47.1 Å². The van der Waals surface area contributed by atoms with Crippen LogP contribution in [-0.2, 0) is 20.4 Å². The molecule has 2 aliphatic carbocycles. The normalized spacial score (nSPS) is 31.9. The molecule has 1 saturated carbocycles. The second kappa shape index (κ2) is 5.76. The van der Waals surface area contributed by atoms with Crippen molar-refractivity contribution < 1.29 is 9.53 Å². The van der Waals surface area contributed by atoms with E-state index in [0.717, 1.165) is 61.2 Å². The zero-order valence-electron chi connectivity index (χ0n) is 17.3. The minimum Gasteiger partial charge on any atom is -0.462 e. The third kappa shape index (κ3) is 2.08. The predicted molar refractivity (Wildman–Crippen MR) is 108 cm³/mol. The first-order chi connectivity index (χ1) is 13.3. The molecule has 2 aromatic rings. The van der Waals surface area contributed by atoms with E-state index in [1.165, 1.54) is 0 Å². The molecule has 5 nitrogen and oxygen atoms in total. The Morgan fingerprint density at radius 2 is 1.64 bits per heavy atom. The van der Waals surface area contributed by atoms with E-state index in [9.17, 15) is 4.79 Å². The monoisotopic (exact) mass is 379 g/mol. The number of ether oxygens (including phenoxy) is 1. The van der Waals surface area contributed by atoms with Gasteiger partial charge in [-0.15, -0.1) is 0 Å². The molecule has 2 fully saturated rings. The van der Waals surface area contributed by atoms with E-state index in [2.05, 4.69) is 32.7 Å². The van der Waals surface area contributed by atoms with Crippen LogP contribution < -0.4 is 0 Å². The van der Waals surface area contributed by atoms with Gasteiger partial charge >= 0.3 is 5.97 Å². The maximum atomic E-state index is 13.7. The molecule has 28 heavy (non-hydrogen) atoms. The second-order valence-corrected chi connectivity index (χ2v) is 9.68. The van der Waals surface area contributed by atoms with Gasteiger partial charge in [0.2, 0.25) is 0 Å². The SMILES string of the molecule is CN1CCC(OC(=O)C23CCC(C)(c4nc5ccccc5nc42)C3(C)C)CC1. The Bertz CT molecular complexity index is 963. The zero-order valence-corrected chi connectivity index (χ0v) is 17.3. The molecule has 0 spiro atoms. The van der Waals surface area contributed by atoms with Crippen LogP contribution in [0.4, 0.5) is 0 Å². The van der Waals surface area contributed by atoms with Crippen LogP contribution in [0.25, 0.3) is 11.0 Å². The van der Waals surface area contributed by atoms with Crippen LogP contribution in [0.2, 0.25) is 0 Å². The molecule has 1 aliphatic heterocycles. The molecule has 2 unspecified atom stereocenters. The number of esters is 1. The number of hydrogen-bond acceptors (Lipinski definition) is 5. The molecule has 1 saturated heterocycles. The fraction of sp³-hybridized carbons (Fsp3) is 0.609. The smallest absolute Gasteiger partial charge is 0.319 e. The number of carbonyl (C=O) groups is 1. The molecule has 0 amide bonds. The predicted octanol–water partition coefficient (Wildman–Crippen LogP) is 3.60. The van der Waals surface area contributed by atoms with Gasteiger partial charge in [-0.25, -0.2) is 9.97 Å². The molecule has 5 rings (SSSR count). The van der Waals surface area contributed by atoms with Crippen molar-refractivity contribution in [1.29, 1.82) is 0 Å². The standard InChI is InChI=1S/C23H29N3O2/c1-21(2)22(3)11-12-23(21,20(27)28-15-9-13-26(4)14-10-15)19-18(22)24-16-7-5-6-8-17(16)25-19/h5-8,15H,9-14H2,1-4H3. The lowest BCUT2D eigenvalue weighted by Crippen LogP contribution is -2.48. The van der Waals surface area contributed by atoms with E-state index < -0.39 is 5.41 Å². The third-order valence-corrected chi connectivity index (χ3v) is 8.23. The molecule has 2 bridgehead atoms. The maximum absolute atomic E-state index is 13.7. The highest BCUT2D eigenvalue weighted by atomic mass is 16.5. The molecular formula is C23H29N3O2. The number of nitrogens with zero attached hydrogens (tertiary/aromatic N) is 3. The highest BCUT2D eigenvalue weighted by Gasteiger charge is 2.74. The Hall–Kier alpha value is -2.01. The van der Waals surface area contributed by atoms with Crippen molar-refractivity contribution in [1.82, 2.24) is 14.9 Å². The van der Waals surface area contributed by atoms with Crippen molar-refractivity contribution >= 4 is 17.0 Å². The van der Waals surface area contributed by atoms with Gasteiger partial charge in [0.1, 0.15) is 11.5 Å². The van der Waals surface area contributed by atoms with E-state index in [-0.39, 0.29) is 22.9 Å². The molecule has 1 aromatic heterocycles. The van der Waals surface area contributed by atoms with E-state index in [1.807, 2.05) is 24.3 Å². The van der Waals surface area contributed by atoms with Crippen LogP contribution in [0.3, 0.4) is 0 Å². The van der Waals surface area contributed by atoms with Gasteiger partial charge in [-0.1, -0.05) is 32.9 Å². The minimum atomic E-state index is -0.697. The lowest BCUT2D eigenvalue weighted by Gasteiger charge is -2.40. The van der Waals surface area contributed by atoms with Gasteiger partial charge in [0.15, 0.2) is 0 Å². The van der Waals surface area contributed by atoms with Crippen LogP contribution in [0.5, 0.6) is 0 Å². The van der Waals surface area contributed by atoms with Gasteiger partial charge in [-0.2, -0.15) is 0 Å². The molecular weight excluding hydrogens is 350 g/mol. The van der Waals surface area contributed by atoms with Crippen LogP contribution >= 0.6 is 0 Å². The number of carbonyl (C=O) groups excluding carboxylic acids is 1. The summed E-state index contributed by atoms with van der Waals surface area (Å²) in [7, 11) is 2.12. The number of likely N-dealkylation sites (tertiary alicyclic amines) is 1. The van der Waals surface area contributed by atoms with Gasteiger partial charge in [0.25, 0.3) is 0 Å². The molecule has 0 N–H and O–H groups in total. The van der Waals surface area contributed by atoms with Gasteiger partial charge < -0.3 is 9.64 Å². The van der Waals surface area contributed by atoms with Crippen molar-refractivity contribution in [3.63, 3.8) is 0 Å². The Morgan fingerprint density at radius 1 is 1.04 bits per heavy atom. The summed E-state index contributed by atoms with van der Waals surface area (Å²) in [6.07, 6.45) is 3.57. The summed E-state index contributed by atoms with van der Waals surface area (Å²) >= 11 is 0. The largest absolute Gasteiger partial charge is 0.462 e. The Morgan fingerprint density at radius 3 is 2.29 bits per heavy atom. The van der Waals surface area contributed by atoms with Crippen molar-refractivity contribution in [3.8, 4) is 0 Å². The summed E-state index contributed by atoms with van der Waals surface area (Å²) in [4.78, 5) is 26.0. The summed E-state index contributed by atoms with van der Waals surface area (Å²) in [6.45, 7) is 8.64. The van der Waals surface area contributed by atoms with Crippen molar-refractivity contribution in [3.05, 3.63) is 35.7 Å². The minimum absolute atomic E-state index is 0.0122. The quantitative estimate of drug-likeness (QED) is 0.747. The van der Waals surface area contributed by atoms with Crippen LogP contribution in [0, 0.1) is 5.41 Å². The number of hydrogen-bond donors (Lipinski definition) is 0.